The van der Waals surface area contributed by atoms with Gasteiger partial charge in [-0.3, -0.25) is 0 Å². The summed E-state index contributed by atoms with van der Waals surface area (Å²) < 4.78 is 2.29. The average Bonchev–Trinajstić information content (AvgIpc) is 2.82. The van der Waals surface area contributed by atoms with Gasteiger partial charge in [-0.1, -0.05) is 35.3 Å². The van der Waals surface area contributed by atoms with E-state index >= 15 is 0 Å². The number of hydrogen-bond acceptors (Lipinski definition) is 2. The number of nitrogens with two attached hydrogens (primary N) is 1. The molecule has 1 atom stereocenters. The fourth-order valence-electron chi connectivity index (χ4n) is 2.22. The lowest BCUT2D eigenvalue weighted by atomic mass is 9.99. The third-order valence-corrected chi connectivity index (χ3v) is 5.57. The molecule has 1 aromatic heterocycles. The highest BCUT2D eigenvalue weighted by Crippen LogP contribution is 2.37. The average molecular weight is 387 g/mol. The monoisotopic (exact) mass is 385 g/mol. The fraction of sp³-hybridized carbons (Fsp3) is 0.0667. The largest absolute Gasteiger partial charge is 0.320 e. The number of halogens is 3. The maximum atomic E-state index is 6.39. The van der Waals surface area contributed by atoms with E-state index in [1.807, 2.05) is 24.3 Å². The van der Waals surface area contributed by atoms with Crippen molar-refractivity contribution in [3.05, 3.63) is 67.4 Å². The van der Waals surface area contributed by atoms with Crippen LogP contribution in [0.3, 0.4) is 0 Å². The van der Waals surface area contributed by atoms with Gasteiger partial charge in [-0.05, 0) is 62.1 Å². The maximum absolute atomic E-state index is 6.39. The zero-order valence-corrected chi connectivity index (χ0v) is 14.2. The zero-order valence-electron chi connectivity index (χ0n) is 10.2. The summed E-state index contributed by atoms with van der Waals surface area (Å²) in [6, 6.07) is 11.3. The van der Waals surface area contributed by atoms with Crippen LogP contribution in [0.25, 0.3) is 10.1 Å². The Labute approximate surface area is 139 Å². The van der Waals surface area contributed by atoms with Crippen molar-refractivity contribution in [2.45, 2.75) is 6.04 Å². The molecule has 1 heterocycles. The summed E-state index contributed by atoms with van der Waals surface area (Å²) >= 11 is 17.4. The van der Waals surface area contributed by atoms with Crippen LogP contribution >= 0.6 is 50.5 Å². The minimum absolute atomic E-state index is 0.241. The number of benzene rings is 2. The standard InChI is InChI=1S/C15H10BrCl2NS/c16-13-3-1-2-11-12(7-20-15(11)13)14(19)8-4-9(17)6-10(18)5-8/h1-7,14H,19H2. The molecule has 2 aromatic carbocycles. The molecular weight excluding hydrogens is 377 g/mol. The van der Waals surface area contributed by atoms with Crippen LogP contribution in [-0.4, -0.2) is 0 Å². The van der Waals surface area contributed by atoms with Crippen LogP contribution in [-0.2, 0) is 0 Å². The molecule has 1 nitrogen and oxygen atoms in total. The van der Waals surface area contributed by atoms with Crippen molar-refractivity contribution in [3.8, 4) is 0 Å². The van der Waals surface area contributed by atoms with Crippen molar-refractivity contribution in [1.29, 1.82) is 0 Å². The molecule has 0 radical (unpaired) electrons. The first-order chi connectivity index (χ1) is 9.56. The molecule has 3 aromatic rings. The van der Waals surface area contributed by atoms with E-state index in [1.165, 1.54) is 4.70 Å². The number of hydrogen-bond donors (Lipinski definition) is 1. The highest BCUT2D eigenvalue weighted by molar-refractivity contribution is 9.10. The molecule has 2 N–H and O–H groups in total. The summed E-state index contributed by atoms with van der Waals surface area (Å²) in [6.07, 6.45) is 0. The van der Waals surface area contributed by atoms with Gasteiger partial charge in [0.15, 0.2) is 0 Å². The molecule has 0 aliphatic heterocycles. The van der Waals surface area contributed by atoms with Crippen molar-refractivity contribution in [1.82, 2.24) is 0 Å². The van der Waals surface area contributed by atoms with Crippen LogP contribution in [0.5, 0.6) is 0 Å². The smallest absolute Gasteiger partial charge is 0.0567 e. The molecule has 0 fully saturated rings. The van der Waals surface area contributed by atoms with Gasteiger partial charge >= 0.3 is 0 Å². The summed E-state index contributed by atoms with van der Waals surface area (Å²) in [5, 5.41) is 4.45. The Hall–Kier alpha value is -0.580. The van der Waals surface area contributed by atoms with E-state index in [4.69, 9.17) is 28.9 Å². The Morgan fingerprint density at radius 2 is 1.80 bits per heavy atom. The Balaban J connectivity index is 2.13. The molecule has 0 saturated carbocycles. The number of rotatable bonds is 2. The van der Waals surface area contributed by atoms with Crippen LogP contribution in [0.15, 0.2) is 46.3 Å². The third-order valence-electron chi connectivity index (χ3n) is 3.16. The predicted octanol–water partition coefficient (Wildman–Crippen LogP) is 6.02. The highest BCUT2D eigenvalue weighted by atomic mass is 79.9. The molecule has 1 unspecified atom stereocenters. The molecule has 0 aliphatic rings. The molecule has 5 heteroatoms. The van der Waals surface area contributed by atoms with Crippen LogP contribution < -0.4 is 5.73 Å². The van der Waals surface area contributed by atoms with Gasteiger partial charge in [-0.15, -0.1) is 11.3 Å². The Morgan fingerprint density at radius 1 is 1.10 bits per heavy atom. The highest BCUT2D eigenvalue weighted by Gasteiger charge is 2.16. The second-order valence-corrected chi connectivity index (χ2v) is 7.09. The van der Waals surface area contributed by atoms with E-state index < -0.39 is 0 Å². The lowest BCUT2D eigenvalue weighted by Gasteiger charge is -2.12. The maximum Gasteiger partial charge on any atom is 0.0567 e. The van der Waals surface area contributed by atoms with Crippen molar-refractivity contribution >= 4 is 60.6 Å². The van der Waals surface area contributed by atoms with E-state index in [0.29, 0.717) is 10.0 Å². The topological polar surface area (TPSA) is 26.0 Å². The van der Waals surface area contributed by atoms with Gasteiger partial charge in [0.1, 0.15) is 0 Å². The van der Waals surface area contributed by atoms with Gasteiger partial charge < -0.3 is 5.73 Å². The van der Waals surface area contributed by atoms with E-state index in [9.17, 15) is 0 Å². The van der Waals surface area contributed by atoms with Crippen molar-refractivity contribution < 1.29 is 0 Å². The third kappa shape index (κ3) is 2.61. The molecule has 0 amide bonds. The van der Waals surface area contributed by atoms with Crippen molar-refractivity contribution in [2.75, 3.05) is 0 Å². The van der Waals surface area contributed by atoms with E-state index in [1.54, 1.807) is 17.4 Å². The van der Waals surface area contributed by atoms with Crippen LogP contribution in [0.4, 0.5) is 0 Å². The van der Waals surface area contributed by atoms with E-state index in [-0.39, 0.29) is 6.04 Å². The first-order valence-corrected chi connectivity index (χ1v) is 8.36. The quantitative estimate of drug-likeness (QED) is 0.572. The van der Waals surface area contributed by atoms with E-state index in [0.717, 1.165) is 21.0 Å². The van der Waals surface area contributed by atoms with Crippen LogP contribution in [0, 0.1) is 0 Å². The second-order valence-electron chi connectivity index (χ2n) is 4.49. The zero-order chi connectivity index (χ0) is 14.3. The second kappa shape index (κ2) is 5.66. The van der Waals surface area contributed by atoms with Gasteiger partial charge in [0.25, 0.3) is 0 Å². The molecule has 0 bridgehead atoms. The first-order valence-electron chi connectivity index (χ1n) is 5.93. The molecule has 102 valence electrons. The van der Waals surface area contributed by atoms with E-state index in [2.05, 4.69) is 27.4 Å². The summed E-state index contributed by atoms with van der Waals surface area (Å²) in [5.74, 6) is 0. The predicted molar refractivity (Wildman–Crippen MR) is 92.0 cm³/mol. The fourth-order valence-corrected chi connectivity index (χ4v) is 4.42. The first kappa shape index (κ1) is 14.4. The Kier molecular flexibility index (Phi) is 4.07. The lowest BCUT2D eigenvalue weighted by molar-refractivity contribution is 0.885. The number of fused-ring (bicyclic) bond motifs is 1. The summed E-state index contributed by atoms with van der Waals surface area (Å²) in [6.45, 7) is 0. The molecule has 0 aliphatic carbocycles. The summed E-state index contributed by atoms with van der Waals surface area (Å²) in [7, 11) is 0. The van der Waals surface area contributed by atoms with Gasteiger partial charge in [-0.2, -0.15) is 0 Å². The normalized spacial score (nSPS) is 12.8. The lowest BCUT2D eigenvalue weighted by Crippen LogP contribution is -2.11. The van der Waals surface area contributed by atoms with Crippen LogP contribution in [0.2, 0.25) is 10.0 Å². The number of thiophene rings is 1. The molecule has 20 heavy (non-hydrogen) atoms. The van der Waals surface area contributed by atoms with Crippen molar-refractivity contribution in [3.63, 3.8) is 0 Å². The van der Waals surface area contributed by atoms with Gasteiger partial charge in [0.05, 0.1) is 6.04 Å². The SMILES string of the molecule is NC(c1cc(Cl)cc(Cl)c1)c1csc2c(Br)cccc12. The van der Waals surface area contributed by atoms with Gasteiger partial charge in [0.2, 0.25) is 0 Å². The van der Waals surface area contributed by atoms with Crippen molar-refractivity contribution in [2.24, 2.45) is 5.73 Å². The van der Waals surface area contributed by atoms with Crippen LogP contribution in [0.1, 0.15) is 17.2 Å². The molecule has 0 spiro atoms. The van der Waals surface area contributed by atoms with Gasteiger partial charge in [-0.25, -0.2) is 0 Å². The minimum Gasteiger partial charge on any atom is -0.320 e. The summed E-state index contributed by atoms with van der Waals surface area (Å²) in [4.78, 5) is 0. The van der Waals surface area contributed by atoms with Gasteiger partial charge in [0, 0.05) is 19.2 Å². The minimum atomic E-state index is -0.241. The molecule has 0 saturated heterocycles. The Morgan fingerprint density at radius 3 is 2.50 bits per heavy atom. The Bertz CT molecular complexity index is 764. The molecular formula is C15H10BrCl2NS. The summed E-state index contributed by atoms with van der Waals surface area (Å²) in [5.41, 5.74) is 8.40. The molecule has 3 rings (SSSR count).